The second kappa shape index (κ2) is 6.74. The van der Waals surface area contributed by atoms with Crippen molar-refractivity contribution in [2.45, 2.75) is 59.0 Å². The molecule has 1 aromatic heterocycles. The Hall–Kier alpha value is -0.760. The molecule has 1 rings (SSSR count). The Morgan fingerprint density at radius 3 is 2.44 bits per heavy atom. The lowest BCUT2D eigenvalue weighted by molar-refractivity contribution is 0.320. The van der Waals surface area contributed by atoms with E-state index >= 15 is 0 Å². The molecule has 0 bridgehead atoms. The van der Waals surface area contributed by atoms with E-state index in [0.29, 0.717) is 12.1 Å². The minimum absolute atomic E-state index is 0.474. The lowest BCUT2D eigenvalue weighted by Gasteiger charge is -2.26. The van der Waals surface area contributed by atoms with Crippen LogP contribution in [0.5, 0.6) is 0 Å². The molecule has 0 radical (unpaired) electrons. The van der Waals surface area contributed by atoms with Crippen LogP contribution >= 0.6 is 0 Å². The predicted octanol–water partition coefficient (Wildman–Crippen LogP) is 3.62. The molecule has 0 spiro atoms. The summed E-state index contributed by atoms with van der Waals surface area (Å²) in [5.41, 5.74) is 0. The minimum Gasteiger partial charge on any atom is -0.469 e. The van der Waals surface area contributed by atoms with Crippen molar-refractivity contribution in [1.82, 2.24) is 5.32 Å². The van der Waals surface area contributed by atoms with Gasteiger partial charge in [0.05, 0.1) is 6.26 Å². The van der Waals surface area contributed by atoms with Crippen LogP contribution in [0.15, 0.2) is 22.8 Å². The molecule has 92 valence electrons. The van der Waals surface area contributed by atoms with Gasteiger partial charge in [-0.2, -0.15) is 0 Å². The van der Waals surface area contributed by atoms with Gasteiger partial charge in [-0.25, -0.2) is 0 Å². The first-order chi connectivity index (χ1) is 7.67. The Balaban J connectivity index is 2.35. The highest BCUT2D eigenvalue weighted by atomic mass is 16.3. The van der Waals surface area contributed by atoms with Gasteiger partial charge in [-0.3, -0.25) is 0 Å². The van der Waals surface area contributed by atoms with Gasteiger partial charge >= 0.3 is 0 Å². The summed E-state index contributed by atoms with van der Waals surface area (Å²) < 4.78 is 5.36. The Bertz CT molecular complexity index is 264. The molecule has 2 heteroatoms. The molecule has 0 fully saturated rings. The van der Waals surface area contributed by atoms with E-state index in [4.69, 9.17) is 4.42 Å². The number of hydrogen-bond donors (Lipinski definition) is 1. The van der Waals surface area contributed by atoms with Crippen LogP contribution in [-0.4, -0.2) is 12.1 Å². The third-order valence-corrected chi connectivity index (χ3v) is 3.39. The first-order valence-corrected chi connectivity index (χ1v) is 6.45. The quantitative estimate of drug-likeness (QED) is 0.763. The van der Waals surface area contributed by atoms with Crippen molar-refractivity contribution in [3.63, 3.8) is 0 Å². The van der Waals surface area contributed by atoms with Crippen LogP contribution in [0, 0.1) is 5.92 Å². The van der Waals surface area contributed by atoms with Gasteiger partial charge in [0.1, 0.15) is 5.76 Å². The number of hydrogen-bond acceptors (Lipinski definition) is 2. The topological polar surface area (TPSA) is 25.2 Å². The van der Waals surface area contributed by atoms with Crippen LogP contribution in [0.25, 0.3) is 0 Å². The molecule has 1 aromatic rings. The molecule has 0 aliphatic heterocycles. The van der Waals surface area contributed by atoms with Gasteiger partial charge in [-0.15, -0.1) is 0 Å². The summed E-state index contributed by atoms with van der Waals surface area (Å²) in [6.07, 6.45) is 5.21. The maximum atomic E-state index is 5.36. The number of furan rings is 1. The number of rotatable bonds is 7. The van der Waals surface area contributed by atoms with Crippen molar-refractivity contribution in [3.8, 4) is 0 Å². The SMILES string of the molecule is CCC(CC)C(C)NC(C)Cc1ccco1. The molecule has 0 amide bonds. The molecule has 0 saturated heterocycles. The predicted molar refractivity (Wildman–Crippen MR) is 68.5 cm³/mol. The van der Waals surface area contributed by atoms with Crippen molar-refractivity contribution >= 4 is 0 Å². The summed E-state index contributed by atoms with van der Waals surface area (Å²) in [4.78, 5) is 0. The van der Waals surface area contributed by atoms with Crippen LogP contribution in [0.4, 0.5) is 0 Å². The van der Waals surface area contributed by atoms with E-state index in [1.165, 1.54) is 12.8 Å². The molecule has 0 aliphatic carbocycles. The lowest BCUT2D eigenvalue weighted by Crippen LogP contribution is -2.40. The number of nitrogens with one attached hydrogen (secondary N) is 1. The first-order valence-electron chi connectivity index (χ1n) is 6.45. The van der Waals surface area contributed by atoms with E-state index in [0.717, 1.165) is 18.1 Å². The average molecular weight is 223 g/mol. The standard InChI is InChI=1S/C14H25NO/c1-5-13(6-2)12(4)15-11(3)10-14-8-7-9-16-14/h7-9,11-13,15H,5-6,10H2,1-4H3. The summed E-state index contributed by atoms with van der Waals surface area (Å²) in [5.74, 6) is 1.84. The van der Waals surface area contributed by atoms with Crippen LogP contribution in [0.2, 0.25) is 0 Å². The van der Waals surface area contributed by atoms with Gasteiger partial charge in [0, 0.05) is 18.5 Å². The first kappa shape index (κ1) is 13.3. The summed E-state index contributed by atoms with van der Waals surface area (Å²) in [6, 6.07) is 5.05. The van der Waals surface area contributed by atoms with Crippen molar-refractivity contribution < 1.29 is 4.42 Å². The Morgan fingerprint density at radius 1 is 1.25 bits per heavy atom. The maximum Gasteiger partial charge on any atom is 0.105 e. The Morgan fingerprint density at radius 2 is 1.94 bits per heavy atom. The molecule has 2 atom stereocenters. The summed E-state index contributed by atoms with van der Waals surface area (Å²) in [5, 5.41) is 3.66. The van der Waals surface area contributed by atoms with Crippen molar-refractivity contribution in [2.24, 2.45) is 5.92 Å². The molecule has 1 heterocycles. The smallest absolute Gasteiger partial charge is 0.105 e. The fourth-order valence-electron chi connectivity index (χ4n) is 2.37. The second-order valence-corrected chi connectivity index (χ2v) is 4.72. The van der Waals surface area contributed by atoms with Gasteiger partial charge in [-0.1, -0.05) is 26.7 Å². The Labute approximate surface area is 99.4 Å². The van der Waals surface area contributed by atoms with E-state index < -0.39 is 0 Å². The van der Waals surface area contributed by atoms with Gasteiger partial charge < -0.3 is 9.73 Å². The van der Waals surface area contributed by atoms with E-state index in [9.17, 15) is 0 Å². The molecule has 0 aromatic carbocycles. The van der Waals surface area contributed by atoms with Crippen molar-refractivity contribution in [3.05, 3.63) is 24.2 Å². The third-order valence-electron chi connectivity index (χ3n) is 3.39. The summed E-state index contributed by atoms with van der Waals surface area (Å²) in [6.45, 7) is 9.05. The highest BCUT2D eigenvalue weighted by Crippen LogP contribution is 2.14. The molecule has 0 aliphatic rings. The fraction of sp³-hybridized carbons (Fsp3) is 0.714. The monoisotopic (exact) mass is 223 g/mol. The molecule has 2 nitrogen and oxygen atoms in total. The molecule has 1 N–H and O–H groups in total. The zero-order chi connectivity index (χ0) is 12.0. The zero-order valence-corrected chi connectivity index (χ0v) is 11.0. The summed E-state index contributed by atoms with van der Waals surface area (Å²) in [7, 11) is 0. The van der Waals surface area contributed by atoms with Crippen LogP contribution in [-0.2, 0) is 6.42 Å². The third kappa shape index (κ3) is 4.01. The molecule has 0 saturated carbocycles. The molecular formula is C14H25NO. The van der Waals surface area contributed by atoms with E-state index in [1.807, 2.05) is 12.1 Å². The van der Waals surface area contributed by atoms with Gasteiger partial charge in [0.25, 0.3) is 0 Å². The van der Waals surface area contributed by atoms with Gasteiger partial charge in [0.2, 0.25) is 0 Å². The van der Waals surface area contributed by atoms with E-state index in [1.54, 1.807) is 6.26 Å². The van der Waals surface area contributed by atoms with Crippen LogP contribution in [0.1, 0.15) is 46.3 Å². The van der Waals surface area contributed by atoms with Crippen LogP contribution in [0.3, 0.4) is 0 Å². The summed E-state index contributed by atoms with van der Waals surface area (Å²) >= 11 is 0. The minimum atomic E-state index is 0.474. The highest BCUT2D eigenvalue weighted by molar-refractivity contribution is 5.00. The van der Waals surface area contributed by atoms with Gasteiger partial charge in [-0.05, 0) is 31.9 Å². The van der Waals surface area contributed by atoms with Crippen molar-refractivity contribution in [1.29, 1.82) is 0 Å². The molecular weight excluding hydrogens is 198 g/mol. The second-order valence-electron chi connectivity index (χ2n) is 4.72. The average Bonchev–Trinajstić information content (AvgIpc) is 2.71. The van der Waals surface area contributed by atoms with Crippen LogP contribution < -0.4 is 5.32 Å². The largest absolute Gasteiger partial charge is 0.469 e. The van der Waals surface area contributed by atoms with Gasteiger partial charge in [0.15, 0.2) is 0 Å². The zero-order valence-electron chi connectivity index (χ0n) is 11.0. The maximum absolute atomic E-state index is 5.36. The molecule has 2 unspecified atom stereocenters. The van der Waals surface area contributed by atoms with Crippen molar-refractivity contribution in [2.75, 3.05) is 0 Å². The molecule has 16 heavy (non-hydrogen) atoms. The van der Waals surface area contributed by atoms with E-state index in [-0.39, 0.29) is 0 Å². The Kier molecular flexibility index (Phi) is 5.61. The fourth-order valence-corrected chi connectivity index (χ4v) is 2.37. The highest BCUT2D eigenvalue weighted by Gasteiger charge is 2.16. The lowest BCUT2D eigenvalue weighted by atomic mass is 9.94. The normalized spacial score (nSPS) is 15.3. The van der Waals surface area contributed by atoms with E-state index in [2.05, 4.69) is 33.0 Å².